The minimum Gasteiger partial charge on any atom is -0.365 e. The minimum atomic E-state index is -0.0921. The van der Waals surface area contributed by atoms with E-state index >= 15 is 0 Å². The third kappa shape index (κ3) is 2.62. The molecule has 3 aliphatic rings. The van der Waals surface area contributed by atoms with Crippen LogP contribution in [0.5, 0.6) is 0 Å². The largest absolute Gasteiger partial charge is 0.365 e. The van der Waals surface area contributed by atoms with Crippen LogP contribution in [0.15, 0.2) is 23.2 Å². The molecule has 24 heavy (non-hydrogen) atoms. The number of rotatable bonds is 3. The van der Waals surface area contributed by atoms with E-state index in [1.165, 1.54) is 0 Å². The number of piperidine rings is 1. The summed E-state index contributed by atoms with van der Waals surface area (Å²) < 4.78 is 0. The van der Waals surface area contributed by atoms with Crippen molar-refractivity contribution in [2.75, 3.05) is 13.1 Å². The maximum absolute atomic E-state index is 12.8. The van der Waals surface area contributed by atoms with Crippen LogP contribution in [0.4, 0.5) is 0 Å². The summed E-state index contributed by atoms with van der Waals surface area (Å²) in [7, 11) is 0. The quantitative estimate of drug-likeness (QED) is 0.926. The molecule has 2 aromatic heterocycles. The van der Waals surface area contributed by atoms with Crippen molar-refractivity contribution in [2.45, 2.75) is 32.4 Å². The number of aromatic nitrogens is 2. The monoisotopic (exact) mass is 344 g/mol. The number of amides is 2. The first-order chi connectivity index (χ1) is 11.6. The standard InChI is InChI=1S/C17H20N4O2S/c1-11-15(4-5-18-11)17(23)20-6-12-2-3-14(8-20)21(16(12)22)7-13-9-24-10-19-13/h4-5,9-10,12,14,18H,2-3,6-8H2,1H3/t12-,14+/m1/s1. The van der Waals surface area contributed by atoms with Crippen LogP contribution >= 0.6 is 11.3 Å². The molecule has 2 aromatic rings. The van der Waals surface area contributed by atoms with E-state index in [-0.39, 0.29) is 23.8 Å². The number of nitrogens with one attached hydrogen (secondary N) is 1. The van der Waals surface area contributed by atoms with Gasteiger partial charge in [0.25, 0.3) is 5.91 Å². The zero-order valence-electron chi connectivity index (χ0n) is 13.6. The van der Waals surface area contributed by atoms with E-state index in [0.717, 1.165) is 24.2 Å². The third-order valence-corrected chi connectivity index (χ3v) is 5.72. The SMILES string of the molecule is Cc1[nH]ccc1C(=O)N1C[C@H]2CC[C@@H](C1)N(Cc1cscn1)C2=O. The zero-order valence-corrected chi connectivity index (χ0v) is 14.4. The molecule has 2 bridgehead atoms. The van der Waals surface area contributed by atoms with Crippen molar-refractivity contribution in [2.24, 2.45) is 5.92 Å². The smallest absolute Gasteiger partial charge is 0.255 e. The first-order valence-electron chi connectivity index (χ1n) is 8.24. The Morgan fingerprint density at radius 1 is 1.42 bits per heavy atom. The number of hydrogen-bond donors (Lipinski definition) is 1. The van der Waals surface area contributed by atoms with Crippen LogP contribution in [0.1, 0.15) is 34.6 Å². The molecule has 126 valence electrons. The molecule has 3 aliphatic heterocycles. The van der Waals surface area contributed by atoms with Crippen molar-refractivity contribution in [1.82, 2.24) is 19.8 Å². The van der Waals surface area contributed by atoms with E-state index in [4.69, 9.17) is 0 Å². The van der Waals surface area contributed by atoms with Gasteiger partial charge in [-0.1, -0.05) is 0 Å². The zero-order chi connectivity index (χ0) is 16.7. The van der Waals surface area contributed by atoms with Crippen LogP contribution in [-0.2, 0) is 11.3 Å². The molecule has 3 fully saturated rings. The van der Waals surface area contributed by atoms with Crippen molar-refractivity contribution >= 4 is 23.2 Å². The molecule has 6 nitrogen and oxygen atoms in total. The van der Waals surface area contributed by atoms with Crippen molar-refractivity contribution < 1.29 is 9.59 Å². The summed E-state index contributed by atoms with van der Waals surface area (Å²) in [5.41, 5.74) is 4.30. The number of H-pyrrole nitrogens is 1. The maximum atomic E-state index is 12.8. The lowest BCUT2D eigenvalue weighted by atomic mass is 9.94. The van der Waals surface area contributed by atoms with Gasteiger partial charge in [-0.15, -0.1) is 11.3 Å². The van der Waals surface area contributed by atoms with Crippen LogP contribution in [0.3, 0.4) is 0 Å². The van der Waals surface area contributed by atoms with E-state index in [9.17, 15) is 9.59 Å². The van der Waals surface area contributed by atoms with Gasteiger partial charge in [-0.2, -0.15) is 0 Å². The molecule has 5 heterocycles. The molecule has 0 aromatic carbocycles. The minimum absolute atomic E-state index is 0.0222. The van der Waals surface area contributed by atoms with Crippen LogP contribution in [-0.4, -0.2) is 50.7 Å². The van der Waals surface area contributed by atoms with Crippen LogP contribution in [0, 0.1) is 12.8 Å². The van der Waals surface area contributed by atoms with Gasteiger partial charge in [-0.3, -0.25) is 9.59 Å². The molecular weight excluding hydrogens is 324 g/mol. The lowest BCUT2D eigenvalue weighted by Gasteiger charge is -2.35. The molecule has 2 amide bonds. The number of aromatic amines is 1. The first kappa shape index (κ1) is 15.4. The molecule has 1 N–H and O–H groups in total. The van der Waals surface area contributed by atoms with E-state index in [1.54, 1.807) is 23.0 Å². The van der Waals surface area contributed by atoms with E-state index in [0.29, 0.717) is 25.2 Å². The highest BCUT2D eigenvalue weighted by atomic mass is 32.1. The Hall–Kier alpha value is -2.15. The summed E-state index contributed by atoms with van der Waals surface area (Å²) in [5.74, 6) is 0.0971. The van der Waals surface area contributed by atoms with Gasteiger partial charge in [0.05, 0.1) is 29.2 Å². The summed E-state index contributed by atoms with van der Waals surface area (Å²) in [5, 5.41) is 1.98. The average Bonchev–Trinajstić information content (AvgIpc) is 3.15. The molecule has 0 unspecified atom stereocenters. The van der Waals surface area contributed by atoms with Crippen molar-refractivity contribution in [3.8, 4) is 0 Å². The lowest BCUT2D eigenvalue weighted by molar-refractivity contribution is -0.140. The number of carbonyl (C=O) groups is 2. The summed E-state index contributed by atoms with van der Waals surface area (Å²) in [6.45, 7) is 3.58. The number of hydrogen-bond acceptors (Lipinski definition) is 4. The Morgan fingerprint density at radius 3 is 3.00 bits per heavy atom. The van der Waals surface area contributed by atoms with Crippen LogP contribution in [0.2, 0.25) is 0 Å². The summed E-state index contributed by atoms with van der Waals surface area (Å²) in [4.78, 5) is 36.8. The third-order valence-electron chi connectivity index (χ3n) is 5.08. The second-order valence-corrected chi connectivity index (χ2v) is 7.32. The second-order valence-electron chi connectivity index (χ2n) is 6.60. The van der Waals surface area contributed by atoms with E-state index in [1.807, 2.05) is 28.2 Å². The lowest BCUT2D eigenvalue weighted by Crippen LogP contribution is -2.47. The van der Waals surface area contributed by atoms with Gasteiger partial charge < -0.3 is 14.8 Å². The fourth-order valence-electron chi connectivity index (χ4n) is 3.76. The Balaban J connectivity index is 1.57. The number of aryl methyl sites for hydroxylation is 1. The topological polar surface area (TPSA) is 69.3 Å². The number of fused-ring (bicyclic) bond motifs is 4. The Labute approximate surface area is 144 Å². The molecule has 0 radical (unpaired) electrons. The number of carbonyl (C=O) groups excluding carboxylic acids is 2. The Kier molecular flexibility index (Phi) is 3.88. The highest BCUT2D eigenvalue weighted by Gasteiger charge is 2.42. The Morgan fingerprint density at radius 2 is 2.29 bits per heavy atom. The van der Waals surface area contributed by atoms with Gasteiger partial charge in [0, 0.05) is 36.4 Å². The molecule has 5 rings (SSSR count). The molecule has 3 saturated heterocycles. The molecule has 0 aliphatic carbocycles. The van der Waals surface area contributed by atoms with Gasteiger partial charge in [0.2, 0.25) is 5.91 Å². The molecule has 2 atom stereocenters. The predicted octanol–water partition coefficient (Wildman–Crippen LogP) is 2.04. The second kappa shape index (κ2) is 6.05. The average molecular weight is 344 g/mol. The van der Waals surface area contributed by atoms with Crippen LogP contribution < -0.4 is 0 Å². The molecule has 0 saturated carbocycles. The fourth-order valence-corrected chi connectivity index (χ4v) is 4.31. The molecule has 7 heteroatoms. The van der Waals surface area contributed by atoms with Gasteiger partial charge in [0.15, 0.2) is 0 Å². The van der Waals surface area contributed by atoms with Gasteiger partial charge in [0.1, 0.15) is 0 Å². The summed E-state index contributed by atoms with van der Waals surface area (Å²) >= 11 is 1.54. The van der Waals surface area contributed by atoms with Gasteiger partial charge in [-0.05, 0) is 25.8 Å². The number of thiazole rings is 1. The Bertz CT molecular complexity index is 754. The van der Waals surface area contributed by atoms with Crippen molar-refractivity contribution in [3.63, 3.8) is 0 Å². The predicted molar refractivity (Wildman–Crippen MR) is 90.6 cm³/mol. The van der Waals surface area contributed by atoms with E-state index < -0.39 is 0 Å². The maximum Gasteiger partial charge on any atom is 0.255 e. The highest BCUT2D eigenvalue weighted by Crippen LogP contribution is 2.31. The summed E-state index contributed by atoms with van der Waals surface area (Å²) in [6.07, 6.45) is 3.61. The van der Waals surface area contributed by atoms with Crippen molar-refractivity contribution in [1.29, 1.82) is 0 Å². The van der Waals surface area contributed by atoms with E-state index in [2.05, 4.69) is 9.97 Å². The molecular formula is C17H20N4O2S. The molecule has 0 spiro atoms. The fraction of sp³-hybridized carbons (Fsp3) is 0.471. The highest BCUT2D eigenvalue weighted by molar-refractivity contribution is 7.07. The van der Waals surface area contributed by atoms with Gasteiger partial charge in [-0.25, -0.2) is 4.98 Å². The summed E-state index contributed by atoms with van der Waals surface area (Å²) in [6, 6.07) is 1.90. The van der Waals surface area contributed by atoms with Crippen molar-refractivity contribution in [3.05, 3.63) is 40.1 Å². The number of nitrogens with zero attached hydrogens (tertiary/aromatic N) is 3. The van der Waals surface area contributed by atoms with Gasteiger partial charge >= 0.3 is 0 Å². The van der Waals surface area contributed by atoms with Crippen LogP contribution in [0.25, 0.3) is 0 Å². The normalized spacial score (nSPS) is 23.6. The first-order valence-corrected chi connectivity index (χ1v) is 9.18.